The van der Waals surface area contributed by atoms with Gasteiger partial charge in [-0.25, -0.2) is 0 Å². The van der Waals surface area contributed by atoms with Crippen LogP contribution in [0.3, 0.4) is 0 Å². The average molecular weight is 318 g/mol. The fourth-order valence-corrected chi connectivity index (χ4v) is 4.20. The molecule has 0 atom stereocenters. The zero-order chi connectivity index (χ0) is 14.9. The van der Waals surface area contributed by atoms with Gasteiger partial charge in [-0.1, -0.05) is 78.5 Å². The molecular formula is C20H14S2. The predicted molar refractivity (Wildman–Crippen MR) is 99.3 cm³/mol. The Balaban J connectivity index is 1.91. The minimum absolute atomic E-state index is 1.02. The van der Waals surface area contributed by atoms with Gasteiger partial charge >= 0.3 is 0 Å². The van der Waals surface area contributed by atoms with Gasteiger partial charge < -0.3 is 0 Å². The van der Waals surface area contributed by atoms with Crippen LogP contribution >= 0.6 is 24.4 Å². The van der Waals surface area contributed by atoms with Gasteiger partial charge in [0.15, 0.2) is 0 Å². The number of fused-ring (bicyclic) bond motifs is 2. The molecule has 0 saturated heterocycles. The highest BCUT2D eigenvalue weighted by Gasteiger charge is 2.09. The number of thiol groups is 1. The molecule has 0 amide bonds. The molecule has 0 saturated carbocycles. The van der Waals surface area contributed by atoms with Crippen LogP contribution in [-0.4, -0.2) is 0 Å². The van der Waals surface area contributed by atoms with Crippen molar-refractivity contribution in [3.05, 3.63) is 78.9 Å². The number of benzene rings is 4. The van der Waals surface area contributed by atoms with Gasteiger partial charge in [0.2, 0.25) is 0 Å². The average Bonchev–Trinajstić information content (AvgIpc) is 2.58. The van der Waals surface area contributed by atoms with Gasteiger partial charge in [-0.3, -0.25) is 0 Å². The van der Waals surface area contributed by atoms with Crippen LogP contribution in [0.2, 0.25) is 0 Å². The van der Waals surface area contributed by atoms with Crippen molar-refractivity contribution in [1.82, 2.24) is 0 Å². The summed E-state index contributed by atoms with van der Waals surface area (Å²) in [6.07, 6.45) is 0. The SMILES string of the molecule is Sc1ccc2ccccc2c1Sc1cccc2ccccc12. The van der Waals surface area contributed by atoms with Crippen LogP contribution in [0.5, 0.6) is 0 Å². The van der Waals surface area contributed by atoms with Gasteiger partial charge in [-0.2, -0.15) is 0 Å². The van der Waals surface area contributed by atoms with E-state index in [1.165, 1.54) is 31.3 Å². The van der Waals surface area contributed by atoms with Crippen LogP contribution in [0.4, 0.5) is 0 Å². The van der Waals surface area contributed by atoms with Crippen LogP contribution in [0.15, 0.2) is 93.5 Å². The topological polar surface area (TPSA) is 0 Å². The molecule has 106 valence electrons. The molecule has 0 bridgehead atoms. The Morgan fingerprint density at radius 3 is 2.05 bits per heavy atom. The summed E-state index contributed by atoms with van der Waals surface area (Å²) in [5.41, 5.74) is 0. The van der Waals surface area contributed by atoms with E-state index in [9.17, 15) is 0 Å². The number of hydrogen-bond donors (Lipinski definition) is 1. The molecule has 0 fully saturated rings. The van der Waals surface area contributed by atoms with E-state index in [-0.39, 0.29) is 0 Å². The largest absolute Gasteiger partial charge is 0.142 e. The second-order valence-corrected chi connectivity index (χ2v) is 6.75. The van der Waals surface area contributed by atoms with Gasteiger partial charge in [-0.15, -0.1) is 12.6 Å². The Bertz CT molecular complexity index is 968. The molecule has 4 aromatic carbocycles. The first-order valence-electron chi connectivity index (χ1n) is 7.19. The van der Waals surface area contributed by atoms with Gasteiger partial charge in [0.25, 0.3) is 0 Å². The fraction of sp³-hybridized carbons (Fsp3) is 0. The zero-order valence-electron chi connectivity index (χ0n) is 11.9. The molecule has 0 N–H and O–H groups in total. The predicted octanol–water partition coefficient (Wildman–Crippen LogP) is 6.43. The summed E-state index contributed by atoms with van der Waals surface area (Å²) in [6, 6.07) is 27.7. The molecule has 0 aliphatic heterocycles. The maximum Gasteiger partial charge on any atom is 0.0334 e. The molecule has 0 radical (unpaired) electrons. The first-order chi connectivity index (χ1) is 10.8. The summed E-state index contributed by atoms with van der Waals surface area (Å²) in [5.74, 6) is 0. The van der Waals surface area contributed by atoms with Crippen molar-refractivity contribution in [2.24, 2.45) is 0 Å². The van der Waals surface area contributed by atoms with Crippen LogP contribution in [0.25, 0.3) is 21.5 Å². The molecule has 0 spiro atoms. The molecule has 4 rings (SSSR count). The summed E-state index contributed by atoms with van der Waals surface area (Å²) in [6.45, 7) is 0. The van der Waals surface area contributed by atoms with Crippen LogP contribution in [0.1, 0.15) is 0 Å². The van der Waals surface area contributed by atoms with Crippen molar-refractivity contribution in [2.45, 2.75) is 14.7 Å². The number of hydrogen-bond acceptors (Lipinski definition) is 2. The Morgan fingerprint density at radius 2 is 1.23 bits per heavy atom. The van der Waals surface area contributed by atoms with Crippen molar-refractivity contribution in [3.63, 3.8) is 0 Å². The third-order valence-electron chi connectivity index (χ3n) is 3.82. The van der Waals surface area contributed by atoms with Gasteiger partial charge in [0.1, 0.15) is 0 Å². The van der Waals surface area contributed by atoms with E-state index >= 15 is 0 Å². The monoisotopic (exact) mass is 318 g/mol. The summed E-state index contributed by atoms with van der Waals surface area (Å²) < 4.78 is 0. The molecule has 0 nitrogen and oxygen atoms in total. The lowest BCUT2D eigenvalue weighted by atomic mass is 10.1. The van der Waals surface area contributed by atoms with Crippen molar-refractivity contribution in [1.29, 1.82) is 0 Å². The van der Waals surface area contributed by atoms with Gasteiger partial charge in [0, 0.05) is 14.7 Å². The van der Waals surface area contributed by atoms with Crippen molar-refractivity contribution < 1.29 is 0 Å². The minimum atomic E-state index is 1.02. The molecule has 0 aromatic heterocycles. The smallest absolute Gasteiger partial charge is 0.0334 e. The minimum Gasteiger partial charge on any atom is -0.142 e. The molecule has 0 heterocycles. The van der Waals surface area contributed by atoms with Gasteiger partial charge in [-0.05, 0) is 33.7 Å². The van der Waals surface area contributed by atoms with Crippen molar-refractivity contribution >= 4 is 45.9 Å². The lowest BCUT2D eigenvalue weighted by molar-refractivity contribution is 1.31. The summed E-state index contributed by atoms with van der Waals surface area (Å²) >= 11 is 6.47. The zero-order valence-corrected chi connectivity index (χ0v) is 13.6. The second-order valence-electron chi connectivity index (χ2n) is 5.21. The third kappa shape index (κ3) is 2.39. The van der Waals surface area contributed by atoms with E-state index in [0.717, 1.165) is 4.90 Å². The Hall–Kier alpha value is -1.90. The first kappa shape index (κ1) is 13.7. The molecule has 22 heavy (non-hydrogen) atoms. The third-order valence-corrected chi connectivity index (χ3v) is 5.56. The first-order valence-corrected chi connectivity index (χ1v) is 8.45. The van der Waals surface area contributed by atoms with Gasteiger partial charge in [0.05, 0.1) is 0 Å². The molecule has 0 unspecified atom stereocenters. The van der Waals surface area contributed by atoms with E-state index in [4.69, 9.17) is 0 Å². The van der Waals surface area contributed by atoms with E-state index in [1.54, 1.807) is 11.8 Å². The van der Waals surface area contributed by atoms with Crippen molar-refractivity contribution in [2.75, 3.05) is 0 Å². The Morgan fingerprint density at radius 1 is 0.591 bits per heavy atom. The summed E-state index contributed by atoms with van der Waals surface area (Å²) in [7, 11) is 0. The normalized spacial score (nSPS) is 11.1. The van der Waals surface area contributed by atoms with E-state index in [1.807, 2.05) is 0 Å². The summed E-state index contributed by atoms with van der Waals surface area (Å²) in [4.78, 5) is 3.51. The fourth-order valence-electron chi connectivity index (χ4n) is 2.73. The standard InChI is InChI=1S/C20H14S2/c21-18-13-12-15-7-2-4-10-17(15)20(18)22-19-11-5-8-14-6-1-3-9-16(14)19/h1-13,21H. The Kier molecular flexibility index (Phi) is 3.57. The number of rotatable bonds is 2. The van der Waals surface area contributed by atoms with E-state index in [0.29, 0.717) is 0 Å². The highest BCUT2D eigenvalue weighted by atomic mass is 32.2. The highest BCUT2D eigenvalue weighted by molar-refractivity contribution is 8.00. The molecule has 0 aliphatic carbocycles. The summed E-state index contributed by atoms with van der Waals surface area (Å²) in [5, 5.41) is 5.07. The molecule has 2 heteroatoms. The lowest BCUT2D eigenvalue weighted by Crippen LogP contribution is -1.82. The molecule has 4 aromatic rings. The maximum absolute atomic E-state index is 4.68. The second kappa shape index (κ2) is 5.71. The van der Waals surface area contributed by atoms with Crippen LogP contribution < -0.4 is 0 Å². The maximum atomic E-state index is 4.68. The molecular weight excluding hydrogens is 304 g/mol. The Labute approximate surface area is 139 Å². The van der Waals surface area contributed by atoms with Crippen LogP contribution in [-0.2, 0) is 0 Å². The molecule has 0 aliphatic rings. The quantitative estimate of drug-likeness (QED) is 0.415. The van der Waals surface area contributed by atoms with Crippen molar-refractivity contribution in [3.8, 4) is 0 Å². The highest BCUT2D eigenvalue weighted by Crippen LogP contribution is 2.40. The van der Waals surface area contributed by atoms with Crippen LogP contribution in [0, 0.1) is 0 Å². The van der Waals surface area contributed by atoms with E-state index < -0.39 is 0 Å². The lowest BCUT2D eigenvalue weighted by Gasteiger charge is -2.11. The van der Waals surface area contributed by atoms with E-state index in [2.05, 4.69) is 91.5 Å².